The Balaban J connectivity index is 1.83. The van der Waals surface area contributed by atoms with Crippen molar-refractivity contribution in [3.05, 3.63) is 122 Å². The summed E-state index contributed by atoms with van der Waals surface area (Å²) in [5.74, 6) is 0. The van der Waals surface area contributed by atoms with Gasteiger partial charge in [0.2, 0.25) is 0 Å². The molecule has 0 amide bonds. The lowest BCUT2D eigenvalue weighted by molar-refractivity contribution is 1.17. The quantitative estimate of drug-likeness (QED) is 0.138. The van der Waals surface area contributed by atoms with Crippen LogP contribution in [0.25, 0.3) is 76.5 Å². The van der Waals surface area contributed by atoms with Crippen molar-refractivity contribution in [1.29, 1.82) is 0 Å². The van der Waals surface area contributed by atoms with Crippen molar-refractivity contribution in [3.8, 4) is 33.4 Å². The monoisotopic (exact) mass is 1030 g/mol. The van der Waals surface area contributed by atoms with E-state index in [0.717, 1.165) is 14.2 Å². The zero-order valence-corrected chi connectivity index (χ0v) is 56.9. The van der Waals surface area contributed by atoms with Crippen LogP contribution >= 0.6 is 0 Å². The molecule has 80 heavy (non-hydrogen) atoms. The van der Waals surface area contributed by atoms with E-state index < -0.39 is 0 Å². The average molecular weight is 1030 g/mol. The lowest BCUT2D eigenvalue weighted by atomic mass is 8.67. The summed E-state index contributed by atoms with van der Waals surface area (Å²) in [7, 11) is 27.1. The smallest absolute Gasteiger partial charge is 0.102 e. The molecule has 0 aliphatic rings. The molecule has 0 unspecified atom stereocenters. The highest BCUT2D eigenvalue weighted by atomic mass is 14.4. The van der Waals surface area contributed by atoms with Gasteiger partial charge < -0.3 is 0 Å². The third-order valence-corrected chi connectivity index (χ3v) is 23.0. The largest absolute Gasteiger partial charge is 0.139 e. The van der Waals surface area contributed by atoms with Gasteiger partial charge in [0, 0.05) is 32.6 Å². The molecular weight excluding hydrogens is 939 g/mol. The van der Waals surface area contributed by atoms with Gasteiger partial charge in [-0.05, 0) is 346 Å². The summed E-state index contributed by atoms with van der Waals surface area (Å²) in [4.78, 5) is 0. The second-order valence-corrected chi connectivity index (χ2v) is 27.5. The van der Waals surface area contributed by atoms with Gasteiger partial charge in [0.05, 0.1) is 82.6 Å². The first-order valence-electron chi connectivity index (χ1n) is 31.4. The minimum atomic E-state index is 0.433. The molecule has 8 rings (SSSR count). The van der Waals surface area contributed by atoms with Crippen molar-refractivity contribution >= 4 is 195 Å². The van der Waals surface area contributed by atoms with Crippen LogP contribution in [0.15, 0.2) is 0 Å². The van der Waals surface area contributed by atoms with E-state index in [4.69, 9.17) is 0 Å². The molecular formula is C62H88B18. The van der Waals surface area contributed by atoms with E-state index in [1.807, 2.05) is 0 Å². The topological polar surface area (TPSA) is 0 Å². The molecule has 18 heteroatoms. The minimum Gasteiger partial charge on any atom is -0.102 e. The van der Waals surface area contributed by atoms with Crippen molar-refractivity contribution < 1.29 is 0 Å². The third-order valence-electron chi connectivity index (χ3n) is 23.0. The first-order valence-corrected chi connectivity index (χ1v) is 31.4. The molecule has 0 saturated heterocycles. The second kappa shape index (κ2) is 22.2. The molecule has 0 saturated carbocycles. The predicted octanol–water partition coefficient (Wildman–Crippen LogP) is 2.04. The van der Waals surface area contributed by atoms with Gasteiger partial charge in [-0.15, -0.1) is 5.46 Å². The fourth-order valence-corrected chi connectivity index (χ4v) is 17.2. The Morgan fingerprint density at radius 3 is 0.925 bits per heavy atom. The van der Waals surface area contributed by atoms with Gasteiger partial charge in [-0.3, -0.25) is 0 Å². The number of hydrogen-bond donors (Lipinski definition) is 0. The zero-order chi connectivity index (χ0) is 60.0. The highest BCUT2D eigenvalue weighted by molar-refractivity contribution is 7.89. The Hall–Kier alpha value is -4.03. The maximum absolute atomic E-state index is 2.56. The Morgan fingerprint density at radius 1 is 0.250 bits per heavy atom. The molecule has 390 valence electrons. The van der Waals surface area contributed by atoms with Gasteiger partial charge in [0.1, 0.15) is 15.0 Å². The van der Waals surface area contributed by atoms with E-state index >= 15 is 0 Å². The lowest BCUT2D eigenvalue weighted by Crippen LogP contribution is -2.72. The van der Waals surface area contributed by atoms with Crippen LogP contribution in [0, 0.1) is 152 Å². The summed E-state index contributed by atoms with van der Waals surface area (Å²) in [6.45, 7) is 54.5. The zero-order valence-electron chi connectivity index (χ0n) is 56.9. The van der Waals surface area contributed by atoms with Crippen molar-refractivity contribution in [1.82, 2.24) is 0 Å². The van der Waals surface area contributed by atoms with E-state index in [9.17, 15) is 0 Å². The highest BCUT2D eigenvalue weighted by Gasteiger charge is 2.40. The van der Waals surface area contributed by atoms with Crippen LogP contribution < -0.4 is 21.9 Å². The Bertz CT molecular complexity index is 3980. The molecule has 0 bridgehead atoms. The van der Waals surface area contributed by atoms with Gasteiger partial charge >= 0.3 is 0 Å². The first kappa shape index (κ1) is 62.0. The minimum absolute atomic E-state index is 0.433. The van der Waals surface area contributed by atoms with Crippen LogP contribution in [0.3, 0.4) is 0 Å². The molecule has 0 radical (unpaired) electrons. The van der Waals surface area contributed by atoms with E-state index in [1.165, 1.54) is 204 Å². The van der Waals surface area contributed by atoms with Crippen LogP contribution in [0.1, 0.15) is 122 Å². The third kappa shape index (κ3) is 8.77. The van der Waals surface area contributed by atoms with Gasteiger partial charge in [-0.1, -0.05) is 22.0 Å². The SMILES string of the molecule is BBB(B)B(B(B)B)c1c(B(B(B)B)B(B)B)c(C)c(C)c2c(C)c(-c3c4c(C)c(C)c(C)c(C)c4c(-c4c(C)c(C)c5c(C)c(C)c(C)c(C)c5c4C)c4c(C)c(C)c(-c5c(C)c(C)c(C)c(C)c5C)c(C)c34)c(BB)c(B)c12. The normalized spacial score (nSPS) is 11.6. The number of fused-ring (bicyclic) bond motifs is 4. The van der Waals surface area contributed by atoms with Crippen molar-refractivity contribution in [2.24, 2.45) is 0 Å². The van der Waals surface area contributed by atoms with Gasteiger partial charge in [-0.25, -0.2) is 0 Å². The summed E-state index contributed by atoms with van der Waals surface area (Å²) in [6.07, 6.45) is 2.08. The standard InChI is InChI=1S/C62H88B18/c1-23-24(2)30(8)45(31(9)25(23)3)48-38(16)39(17)53-54(43(48)21)57(52-35(13)29(7)28(6)34(12)51(52)56(53)49-37(15)36(14)46-32(10)26(4)27(5)33(11)47(46)42(49)20)55-44(22)50-40(18)41(19)61(75(77(66)67)78(68)69)62(58(50)59(63)60(55)73-64)76(79(70)71)80(72)74-65/h73-74H,63-72H2,1-22H3. The fraction of sp³-hybridized carbons (Fsp3) is 0.355. The molecule has 8 aromatic carbocycles. The molecule has 8 aromatic rings. The number of benzene rings is 8. The maximum Gasteiger partial charge on any atom is 0.139 e. The Kier molecular flexibility index (Phi) is 17.2. The van der Waals surface area contributed by atoms with E-state index in [2.05, 4.69) is 230 Å². The van der Waals surface area contributed by atoms with Crippen LogP contribution in [0.2, 0.25) is 0 Å². The number of hydrogen-bond acceptors (Lipinski definition) is 0. The van der Waals surface area contributed by atoms with E-state index in [1.54, 1.807) is 16.3 Å². The molecule has 0 aliphatic carbocycles. The molecule has 0 aromatic heterocycles. The Morgan fingerprint density at radius 2 is 0.512 bits per heavy atom. The summed E-state index contributed by atoms with van der Waals surface area (Å²) < 4.78 is 0. The Labute approximate surface area is 500 Å². The molecule has 0 nitrogen and oxygen atoms in total. The van der Waals surface area contributed by atoms with Gasteiger partial charge in [-0.2, -0.15) is 0 Å². The predicted molar refractivity (Wildman–Crippen MR) is 410 cm³/mol. The summed E-state index contributed by atoms with van der Waals surface area (Å²) >= 11 is 0. The van der Waals surface area contributed by atoms with Crippen LogP contribution in [-0.2, 0) is 0 Å². The number of rotatable bonds is 11. The van der Waals surface area contributed by atoms with Crippen LogP contribution in [0.5, 0.6) is 0 Å². The summed E-state index contributed by atoms with van der Waals surface area (Å²) in [5.41, 5.74) is 46.3. The molecule has 0 aliphatic heterocycles. The van der Waals surface area contributed by atoms with Gasteiger partial charge in [0.25, 0.3) is 0 Å². The van der Waals surface area contributed by atoms with Crippen molar-refractivity contribution in [2.75, 3.05) is 0 Å². The van der Waals surface area contributed by atoms with Crippen LogP contribution in [-0.4, -0.2) is 130 Å². The van der Waals surface area contributed by atoms with E-state index in [-0.39, 0.29) is 0 Å². The first-order chi connectivity index (χ1) is 37.2. The maximum atomic E-state index is 2.56. The fourth-order valence-electron chi connectivity index (χ4n) is 17.2. The van der Waals surface area contributed by atoms with Crippen molar-refractivity contribution in [3.63, 3.8) is 0 Å². The van der Waals surface area contributed by atoms with E-state index in [0.29, 0.717) is 38.5 Å². The summed E-state index contributed by atoms with van der Waals surface area (Å²) in [5, 5.41) is 11.7. The van der Waals surface area contributed by atoms with Crippen LogP contribution in [0.4, 0.5) is 0 Å². The molecule has 0 spiro atoms. The molecule has 0 atom stereocenters. The molecule has 0 heterocycles. The van der Waals surface area contributed by atoms with Crippen molar-refractivity contribution in [2.45, 2.75) is 152 Å². The second-order valence-electron chi connectivity index (χ2n) is 27.5. The highest BCUT2D eigenvalue weighted by Crippen LogP contribution is 2.55. The average Bonchev–Trinajstić information content (AvgIpc) is 2.56. The number of aryl methyl sites for hydroxylation is 10. The summed E-state index contributed by atoms with van der Waals surface area (Å²) in [6, 6.07) is 0. The van der Waals surface area contributed by atoms with Gasteiger partial charge in [0.15, 0.2) is 0 Å². The lowest BCUT2D eigenvalue weighted by Gasteiger charge is -2.37. The molecule has 0 fully saturated rings. The molecule has 0 N–H and O–H groups in total.